The van der Waals surface area contributed by atoms with E-state index >= 15 is 0 Å². The molecule has 1 fully saturated rings. The van der Waals surface area contributed by atoms with E-state index in [4.69, 9.17) is 9.84 Å². The number of hydrogen-bond acceptors (Lipinski definition) is 3. The summed E-state index contributed by atoms with van der Waals surface area (Å²) in [4.78, 5) is 2.31. The number of aliphatic hydroxyl groups is 1. The molecule has 0 aromatic heterocycles. The third-order valence-corrected chi connectivity index (χ3v) is 3.26. The van der Waals surface area contributed by atoms with Crippen molar-refractivity contribution >= 4 is 0 Å². The molecule has 1 rings (SSSR count). The van der Waals surface area contributed by atoms with Crippen LogP contribution in [0.4, 0.5) is 0 Å². The van der Waals surface area contributed by atoms with E-state index in [1.807, 2.05) is 0 Å². The molecule has 90 valence electrons. The molecule has 3 heteroatoms. The Kier molecular flexibility index (Phi) is 3.80. The van der Waals surface area contributed by atoms with Gasteiger partial charge < -0.3 is 9.84 Å². The minimum absolute atomic E-state index is 0.0446. The average molecular weight is 215 g/mol. The first kappa shape index (κ1) is 12.9. The molecule has 0 bridgehead atoms. The molecule has 1 saturated heterocycles. The Morgan fingerprint density at radius 1 is 1.33 bits per heavy atom. The van der Waals surface area contributed by atoms with Gasteiger partial charge in [0.1, 0.15) is 0 Å². The van der Waals surface area contributed by atoms with Crippen LogP contribution in [0, 0.1) is 0 Å². The molecule has 0 aromatic carbocycles. The molecule has 0 spiro atoms. The number of aliphatic hydroxyl groups excluding tert-OH is 1. The van der Waals surface area contributed by atoms with Crippen molar-refractivity contribution in [3.63, 3.8) is 0 Å². The molecule has 0 saturated carbocycles. The highest BCUT2D eigenvalue weighted by atomic mass is 16.5. The van der Waals surface area contributed by atoms with Crippen LogP contribution in [0.25, 0.3) is 0 Å². The fourth-order valence-electron chi connectivity index (χ4n) is 2.76. The first-order valence-corrected chi connectivity index (χ1v) is 5.87. The number of likely N-dealkylation sites (N-methyl/N-ethyl adjacent to an activating group) is 1. The van der Waals surface area contributed by atoms with Crippen molar-refractivity contribution in [2.45, 2.75) is 58.3 Å². The van der Waals surface area contributed by atoms with Crippen LogP contribution in [0.3, 0.4) is 0 Å². The fourth-order valence-corrected chi connectivity index (χ4v) is 2.76. The lowest BCUT2D eigenvalue weighted by atomic mass is 9.93. The second-order valence-corrected chi connectivity index (χ2v) is 5.54. The SMILES string of the molecule is CCN(CCO)C1CC(C)(C)OC1(C)C. The molecule has 3 nitrogen and oxygen atoms in total. The molecule has 1 heterocycles. The Balaban J connectivity index is 2.75. The molecule has 1 aliphatic rings. The molecule has 15 heavy (non-hydrogen) atoms. The summed E-state index contributed by atoms with van der Waals surface area (Å²) in [5, 5.41) is 9.05. The van der Waals surface area contributed by atoms with Crippen LogP contribution in [0.2, 0.25) is 0 Å². The van der Waals surface area contributed by atoms with E-state index in [-0.39, 0.29) is 17.8 Å². The minimum Gasteiger partial charge on any atom is -0.395 e. The maximum absolute atomic E-state index is 9.05. The molecule has 0 radical (unpaired) electrons. The van der Waals surface area contributed by atoms with Crippen molar-refractivity contribution in [3.05, 3.63) is 0 Å². The second kappa shape index (κ2) is 4.40. The third-order valence-electron chi connectivity index (χ3n) is 3.26. The molecule has 0 aromatic rings. The van der Waals surface area contributed by atoms with Gasteiger partial charge >= 0.3 is 0 Å². The van der Waals surface area contributed by atoms with Gasteiger partial charge in [-0.15, -0.1) is 0 Å². The normalized spacial score (nSPS) is 28.6. The van der Waals surface area contributed by atoms with Crippen molar-refractivity contribution < 1.29 is 9.84 Å². The van der Waals surface area contributed by atoms with Gasteiger partial charge in [0.2, 0.25) is 0 Å². The molecule has 0 aliphatic carbocycles. The number of ether oxygens (including phenoxy) is 1. The Morgan fingerprint density at radius 2 is 1.93 bits per heavy atom. The first-order chi connectivity index (χ1) is 6.82. The monoisotopic (exact) mass is 215 g/mol. The van der Waals surface area contributed by atoms with E-state index in [2.05, 4.69) is 39.5 Å². The van der Waals surface area contributed by atoms with Gasteiger partial charge in [-0.1, -0.05) is 6.92 Å². The smallest absolute Gasteiger partial charge is 0.0789 e. The van der Waals surface area contributed by atoms with Crippen LogP contribution in [-0.4, -0.2) is 46.9 Å². The standard InChI is InChI=1S/C12H25NO2/c1-6-13(7-8-14)10-9-11(2,3)15-12(10,4)5/h10,14H,6-9H2,1-5H3. The van der Waals surface area contributed by atoms with Gasteiger partial charge in [0.05, 0.1) is 17.8 Å². The Hall–Kier alpha value is -0.120. The van der Waals surface area contributed by atoms with Gasteiger partial charge in [0.25, 0.3) is 0 Å². The molecule has 1 aliphatic heterocycles. The van der Waals surface area contributed by atoms with Crippen molar-refractivity contribution in [2.75, 3.05) is 19.7 Å². The summed E-state index contributed by atoms with van der Waals surface area (Å²) in [6.07, 6.45) is 1.04. The van der Waals surface area contributed by atoms with Crippen LogP contribution in [0.5, 0.6) is 0 Å². The van der Waals surface area contributed by atoms with Gasteiger partial charge in [0.15, 0.2) is 0 Å². The highest BCUT2D eigenvalue weighted by Crippen LogP contribution is 2.39. The zero-order valence-electron chi connectivity index (χ0n) is 10.7. The largest absolute Gasteiger partial charge is 0.395 e. The number of nitrogens with zero attached hydrogens (tertiary/aromatic N) is 1. The predicted octanol–water partition coefficient (Wildman–Crippen LogP) is 1.65. The van der Waals surface area contributed by atoms with Crippen molar-refractivity contribution in [1.29, 1.82) is 0 Å². The Morgan fingerprint density at radius 3 is 2.27 bits per heavy atom. The van der Waals surface area contributed by atoms with Crippen molar-refractivity contribution in [2.24, 2.45) is 0 Å². The Bertz CT molecular complexity index is 214. The fraction of sp³-hybridized carbons (Fsp3) is 1.00. The minimum atomic E-state index is -0.116. The van der Waals surface area contributed by atoms with Gasteiger partial charge in [-0.25, -0.2) is 0 Å². The van der Waals surface area contributed by atoms with E-state index in [9.17, 15) is 0 Å². The quantitative estimate of drug-likeness (QED) is 0.774. The second-order valence-electron chi connectivity index (χ2n) is 5.54. The zero-order valence-corrected chi connectivity index (χ0v) is 10.7. The molecule has 1 atom stereocenters. The van der Waals surface area contributed by atoms with Gasteiger partial charge in [0, 0.05) is 12.6 Å². The number of rotatable bonds is 4. The van der Waals surface area contributed by atoms with Crippen LogP contribution < -0.4 is 0 Å². The average Bonchev–Trinajstić information content (AvgIpc) is 2.30. The van der Waals surface area contributed by atoms with E-state index in [0.717, 1.165) is 19.5 Å². The van der Waals surface area contributed by atoms with E-state index in [1.54, 1.807) is 0 Å². The highest BCUT2D eigenvalue weighted by molar-refractivity contribution is 4.99. The summed E-state index contributed by atoms with van der Waals surface area (Å²) in [6, 6.07) is 0.407. The van der Waals surface area contributed by atoms with E-state index in [1.165, 1.54) is 0 Å². The summed E-state index contributed by atoms with van der Waals surface area (Å²) in [5.41, 5.74) is -0.161. The number of hydrogen-bond donors (Lipinski definition) is 1. The van der Waals surface area contributed by atoms with E-state index < -0.39 is 0 Å². The molecular weight excluding hydrogens is 190 g/mol. The van der Waals surface area contributed by atoms with Gasteiger partial charge in [-0.2, -0.15) is 0 Å². The van der Waals surface area contributed by atoms with Gasteiger partial charge in [-0.3, -0.25) is 4.90 Å². The summed E-state index contributed by atoms with van der Waals surface area (Å²) in [7, 11) is 0. The predicted molar refractivity (Wildman–Crippen MR) is 62.0 cm³/mol. The molecule has 1 N–H and O–H groups in total. The topological polar surface area (TPSA) is 32.7 Å². The lowest BCUT2D eigenvalue weighted by Crippen LogP contribution is -2.47. The molecular formula is C12H25NO2. The third kappa shape index (κ3) is 2.92. The maximum Gasteiger partial charge on any atom is 0.0789 e. The summed E-state index contributed by atoms with van der Waals surface area (Å²) in [6.45, 7) is 12.6. The zero-order chi connectivity index (χ0) is 11.7. The summed E-state index contributed by atoms with van der Waals surface area (Å²) in [5.74, 6) is 0. The van der Waals surface area contributed by atoms with Crippen molar-refractivity contribution in [1.82, 2.24) is 4.90 Å². The van der Waals surface area contributed by atoms with E-state index in [0.29, 0.717) is 6.04 Å². The van der Waals surface area contributed by atoms with Gasteiger partial charge in [-0.05, 0) is 40.7 Å². The van der Waals surface area contributed by atoms with Crippen LogP contribution in [0.1, 0.15) is 41.0 Å². The maximum atomic E-state index is 9.05. The lowest BCUT2D eigenvalue weighted by molar-refractivity contribution is -0.0808. The van der Waals surface area contributed by atoms with Crippen LogP contribution in [-0.2, 0) is 4.74 Å². The van der Waals surface area contributed by atoms with Crippen LogP contribution in [0.15, 0.2) is 0 Å². The van der Waals surface area contributed by atoms with Crippen molar-refractivity contribution in [3.8, 4) is 0 Å². The lowest BCUT2D eigenvalue weighted by Gasteiger charge is -2.35. The molecule has 1 unspecified atom stereocenters. The summed E-state index contributed by atoms with van der Waals surface area (Å²) >= 11 is 0. The first-order valence-electron chi connectivity index (χ1n) is 5.87. The highest BCUT2D eigenvalue weighted by Gasteiger charge is 2.47. The molecule has 0 amide bonds. The summed E-state index contributed by atoms with van der Waals surface area (Å²) < 4.78 is 6.05. The van der Waals surface area contributed by atoms with Crippen LogP contribution >= 0.6 is 0 Å². The Labute approximate surface area is 93.4 Å².